The Kier molecular flexibility index (Phi) is 9.38. The van der Waals surface area contributed by atoms with Gasteiger partial charge in [-0.05, 0) is 60.2 Å². The fourth-order valence-corrected chi connectivity index (χ4v) is 5.42. The fourth-order valence-electron chi connectivity index (χ4n) is 5.42. The van der Waals surface area contributed by atoms with E-state index in [4.69, 9.17) is 9.47 Å². The van der Waals surface area contributed by atoms with Crippen molar-refractivity contribution >= 4 is 34.6 Å². The molecule has 40 heavy (non-hydrogen) atoms. The quantitative estimate of drug-likeness (QED) is 0.112. The van der Waals surface area contributed by atoms with E-state index in [1.165, 1.54) is 36.5 Å². The van der Waals surface area contributed by atoms with E-state index in [0.29, 0.717) is 13.2 Å². The Morgan fingerprint density at radius 1 is 0.675 bits per heavy atom. The summed E-state index contributed by atoms with van der Waals surface area (Å²) in [5.74, 6) is 1.92. The SMILES string of the molecule is CCCCCCOc1cc(-c2ccc(O)cc2)c(OCCCCCC)cc1B1Nc2cccc3cccc(c23)N1. The number of benzene rings is 4. The smallest absolute Gasteiger partial charge is 0.410 e. The van der Waals surface area contributed by atoms with Gasteiger partial charge in [0.1, 0.15) is 17.2 Å². The Morgan fingerprint density at radius 3 is 1.88 bits per heavy atom. The summed E-state index contributed by atoms with van der Waals surface area (Å²) in [6.45, 7) is 5.60. The first kappa shape index (κ1) is 27.8. The van der Waals surface area contributed by atoms with Crippen LogP contribution in [0.15, 0.2) is 72.8 Å². The number of aromatic hydroxyl groups is 1. The number of unbranched alkanes of at least 4 members (excludes halogenated alkanes) is 6. The number of phenols is 1. The molecule has 1 aliphatic rings. The number of ether oxygens (including phenoxy) is 2. The van der Waals surface area contributed by atoms with Gasteiger partial charge >= 0.3 is 6.98 Å². The van der Waals surface area contributed by atoms with Crippen molar-refractivity contribution in [1.29, 1.82) is 0 Å². The van der Waals surface area contributed by atoms with Crippen LogP contribution in [0.3, 0.4) is 0 Å². The van der Waals surface area contributed by atoms with E-state index in [0.717, 1.165) is 65.1 Å². The van der Waals surface area contributed by atoms with Crippen LogP contribution in [0.25, 0.3) is 21.9 Å². The van der Waals surface area contributed by atoms with Crippen molar-refractivity contribution < 1.29 is 14.6 Å². The van der Waals surface area contributed by atoms with E-state index in [9.17, 15) is 5.11 Å². The third-order valence-corrected chi connectivity index (χ3v) is 7.62. The maximum Gasteiger partial charge on any atom is 0.410 e. The van der Waals surface area contributed by atoms with E-state index in [2.05, 4.69) is 72.8 Å². The highest BCUT2D eigenvalue weighted by atomic mass is 16.5. The summed E-state index contributed by atoms with van der Waals surface area (Å²) in [5, 5.41) is 19.8. The molecule has 3 N–H and O–H groups in total. The molecule has 4 aromatic rings. The van der Waals surface area contributed by atoms with Gasteiger partial charge in [0, 0.05) is 27.8 Å². The number of hydrogen-bond acceptors (Lipinski definition) is 5. The summed E-state index contributed by atoms with van der Waals surface area (Å²) in [7, 11) is 0. The zero-order chi connectivity index (χ0) is 27.7. The van der Waals surface area contributed by atoms with Gasteiger partial charge in [-0.2, -0.15) is 0 Å². The Morgan fingerprint density at radius 2 is 1.27 bits per heavy atom. The van der Waals surface area contributed by atoms with E-state index < -0.39 is 0 Å². The number of hydrogen-bond donors (Lipinski definition) is 3. The molecule has 5 nitrogen and oxygen atoms in total. The molecule has 1 aliphatic heterocycles. The molecule has 0 amide bonds. The Labute approximate surface area is 239 Å². The number of rotatable bonds is 14. The lowest BCUT2D eigenvalue weighted by molar-refractivity contribution is 0.299. The fraction of sp³-hybridized carbons (Fsp3) is 0.353. The van der Waals surface area contributed by atoms with Crippen LogP contribution in [0.4, 0.5) is 11.4 Å². The van der Waals surface area contributed by atoms with Gasteiger partial charge in [0.25, 0.3) is 0 Å². The van der Waals surface area contributed by atoms with Gasteiger partial charge in [-0.3, -0.25) is 0 Å². The predicted molar refractivity (Wildman–Crippen MR) is 169 cm³/mol. The minimum Gasteiger partial charge on any atom is -0.508 e. The van der Waals surface area contributed by atoms with Crippen LogP contribution in [0.2, 0.25) is 0 Å². The standard InChI is InChI=1S/C34H41BN2O3/c1-3-5-7-9-21-39-32-24-29(35-36-30-15-11-13-26-14-12-16-31(37-35)34(26)30)33(40-22-10-8-6-4-2)23-28(32)25-17-19-27(38)20-18-25/h11-20,23-24,36-38H,3-10,21-22H2,1-2H3. The van der Waals surface area contributed by atoms with Crippen LogP contribution in [0.1, 0.15) is 65.2 Å². The predicted octanol–water partition coefficient (Wildman–Crippen LogP) is 8.36. The summed E-state index contributed by atoms with van der Waals surface area (Å²) in [6.07, 6.45) is 9.17. The summed E-state index contributed by atoms with van der Waals surface area (Å²) < 4.78 is 13.0. The molecule has 208 valence electrons. The number of nitrogens with one attached hydrogen (secondary N) is 2. The Bertz CT molecular complexity index is 1370. The average molecular weight is 537 g/mol. The maximum atomic E-state index is 9.92. The lowest BCUT2D eigenvalue weighted by atomic mass is 9.65. The van der Waals surface area contributed by atoms with Gasteiger partial charge in [0.05, 0.1) is 13.2 Å². The summed E-state index contributed by atoms with van der Waals surface area (Å²) >= 11 is 0. The highest BCUT2D eigenvalue weighted by Crippen LogP contribution is 2.37. The van der Waals surface area contributed by atoms with Crippen molar-refractivity contribution in [2.45, 2.75) is 65.2 Å². The minimum atomic E-state index is -0.178. The third kappa shape index (κ3) is 6.49. The second-order valence-electron chi connectivity index (χ2n) is 10.7. The molecule has 6 heteroatoms. The van der Waals surface area contributed by atoms with Crippen molar-refractivity contribution in [3.8, 4) is 28.4 Å². The summed E-state index contributed by atoms with van der Waals surface area (Å²) in [6, 6.07) is 24.4. The molecule has 0 bridgehead atoms. The van der Waals surface area contributed by atoms with Crippen molar-refractivity contribution in [2.24, 2.45) is 0 Å². The number of phenolic OH excluding ortho intramolecular Hbond substituents is 1. The monoisotopic (exact) mass is 536 g/mol. The van der Waals surface area contributed by atoms with Crippen LogP contribution in [0.5, 0.6) is 17.2 Å². The first-order chi connectivity index (χ1) is 19.7. The Balaban J connectivity index is 1.52. The van der Waals surface area contributed by atoms with E-state index in [-0.39, 0.29) is 12.7 Å². The molecular weight excluding hydrogens is 495 g/mol. The Hall–Kier alpha value is -3.80. The maximum absolute atomic E-state index is 9.92. The molecule has 0 saturated carbocycles. The molecule has 4 aromatic carbocycles. The van der Waals surface area contributed by atoms with Crippen molar-refractivity contribution in [2.75, 3.05) is 23.7 Å². The lowest BCUT2D eigenvalue weighted by Gasteiger charge is -2.28. The first-order valence-electron chi connectivity index (χ1n) is 15.0. The number of anilines is 2. The van der Waals surface area contributed by atoms with Gasteiger partial charge in [-0.15, -0.1) is 0 Å². The molecule has 0 fully saturated rings. The van der Waals surface area contributed by atoms with Gasteiger partial charge in [-0.25, -0.2) is 0 Å². The second kappa shape index (κ2) is 13.5. The highest BCUT2D eigenvalue weighted by molar-refractivity contribution is 6.81. The zero-order valence-corrected chi connectivity index (χ0v) is 23.8. The topological polar surface area (TPSA) is 62.8 Å². The molecular formula is C34H41BN2O3. The molecule has 0 aliphatic carbocycles. The molecule has 0 spiro atoms. The molecule has 0 radical (unpaired) electrons. The van der Waals surface area contributed by atoms with Gasteiger partial charge in [0.2, 0.25) is 0 Å². The lowest BCUT2D eigenvalue weighted by Crippen LogP contribution is -2.48. The van der Waals surface area contributed by atoms with Crippen LogP contribution >= 0.6 is 0 Å². The molecule has 1 heterocycles. The molecule has 5 rings (SSSR count). The normalized spacial score (nSPS) is 12.2. The largest absolute Gasteiger partial charge is 0.508 e. The summed E-state index contributed by atoms with van der Waals surface area (Å²) in [5.41, 5.74) is 5.20. The van der Waals surface area contributed by atoms with Crippen molar-refractivity contribution in [3.05, 3.63) is 72.8 Å². The van der Waals surface area contributed by atoms with E-state index >= 15 is 0 Å². The average Bonchev–Trinajstić information content (AvgIpc) is 2.98. The molecule has 0 saturated heterocycles. The van der Waals surface area contributed by atoms with Gasteiger partial charge in [-0.1, -0.05) is 88.8 Å². The van der Waals surface area contributed by atoms with Crippen molar-refractivity contribution in [1.82, 2.24) is 0 Å². The molecule has 0 aromatic heterocycles. The summed E-state index contributed by atoms with van der Waals surface area (Å²) in [4.78, 5) is 0. The van der Waals surface area contributed by atoms with Crippen molar-refractivity contribution in [3.63, 3.8) is 0 Å². The van der Waals surface area contributed by atoms with Gasteiger partial charge < -0.3 is 25.0 Å². The van der Waals surface area contributed by atoms with Crippen LogP contribution < -0.4 is 25.4 Å². The van der Waals surface area contributed by atoms with E-state index in [1.54, 1.807) is 12.1 Å². The van der Waals surface area contributed by atoms with Crippen LogP contribution in [-0.4, -0.2) is 25.3 Å². The van der Waals surface area contributed by atoms with E-state index in [1.807, 2.05) is 12.1 Å². The molecule has 0 unspecified atom stereocenters. The highest BCUT2D eigenvalue weighted by Gasteiger charge is 2.30. The van der Waals surface area contributed by atoms with Crippen LogP contribution in [0, 0.1) is 0 Å². The first-order valence-corrected chi connectivity index (χ1v) is 15.0. The second-order valence-corrected chi connectivity index (χ2v) is 10.7. The molecule has 0 atom stereocenters. The third-order valence-electron chi connectivity index (χ3n) is 7.62. The zero-order valence-electron chi connectivity index (χ0n) is 23.8. The minimum absolute atomic E-state index is 0.178. The van der Waals surface area contributed by atoms with Gasteiger partial charge in [0.15, 0.2) is 0 Å². The van der Waals surface area contributed by atoms with Crippen LogP contribution in [-0.2, 0) is 0 Å².